The standard InChI is InChI=1S/C14H20BrNOS/c1-9-11(3)18-7-6-16(9)14-5-4-12(10(2)17)8-13(14)15/h4-5,8-11,17H,6-7H2,1-3H3/t9?,10-,11?/m0/s1. The van der Waals surface area contributed by atoms with Crippen LogP contribution >= 0.6 is 27.7 Å². The molecule has 0 saturated carbocycles. The molecule has 2 nitrogen and oxygen atoms in total. The molecule has 2 unspecified atom stereocenters. The Morgan fingerprint density at radius 2 is 2.17 bits per heavy atom. The van der Waals surface area contributed by atoms with Crippen LogP contribution in [0.25, 0.3) is 0 Å². The summed E-state index contributed by atoms with van der Waals surface area (Å²) in [6.07, 6.45) is -0.413. The zero-order chi connectivity index (χ0) is 13.3. The van der Waals surface area contributed by atoms with Gasteiger partial charge >= 0.3 is 0 Å². The Balaban J connectivity index is 2.27. The van der Waals surface area contributed by atoms with Crippen molar-refractivity contribution in [3.63, 3.8) is 0 Å². The van der Waals surface area contributed by atoms with Crippen molar-refractivity contribution in [2.24, 2.45) is 0 Å². The summed E-state index contributed by atoms with van der Waals surface area (Å²) in [5.74, 6) is 1.18. The second-order valence-corrected chi connectivity index (χ2v) is 7.24. The van der Waals surface area contributed by atoms with E-state index in [2.05, 4.69) is 40.7 Å². The number of aliphatic hydroxyl groups is 1. The highest BCUT2D eigenvalue weighted by molar-refractivity contribution is 9.10. The fourth-order valence-electron chi connectivity index (χ4n) is 2.29. The zero-order valence-electron chi connectivity index (χ0n) is 11.1. The Hall–Kier alpha value is -0.190. The molecule has 0 bridgehead atoms. The molecular formula is C14H20BrNOS. The average molecular weight is 330 g/mol. The molecule has 100 valence electrons. The van der Waals surface area contributed by atoms with Crippen molar-refractivity contribution in [1.29, 1.82) is 0 Å². The highest BCUT2D eigenvalue weighted by atomic mass is 79.9. The van der Waals surface area contributed by atoms with Crippen LogP contribution in [0.2, 0.25) is 0 Å². The van der Waals surface area contributed by atoms with E-state index >= 15 is 0 Å². The van der Waals surface area contributed by atoms with E-state index in [-0.39, 0.29) is 0 Å². The van der Waals surface area contributed by atoms with E-state index in [1.165, 1.54) is 11.4 Å². The number of aliphatic hydroxyl groups excluding tert-OH is 1. The molecular weight excluding hydrogens is 310 g/mol. The van der Waals surface area contributed by atoms with Crippen molar-refractivity contribution in [3.05, 3.63) is 28.2 Å². The summed E-state index contributed by atoms with van der Waals surface area (Å²) in [4.78, 5) is 2.46. The van der Waals surface area contributed by atoms with Crippen LogP contribution in [0, 0.1) is 0 Å². The third kappa shape index (κ3) is 2.86. The van der Waals surface area contributed by atoms with Crippen LogP contribution in [0.4, 0.5) is 5.69 Å². The van der Waals surface area contributed by atoms with E-state index in [9.17, 15) is 5.11 Å². The molecule has 18 heavy (non-hydrogen) atoms. The zero-order valence-corrected chi connectivity index (χ0v) is 13.5. The van der Waals surface area contributed by atoms with Crippen LogP contribution in [0.1, 0.15) is 32.4 Å². The average Bonchev–Trinajstić information content (AvgIpc) is 2.33. The predicted octanol–water partition coefficient (Wildman–Crippen LogP) is 3.83. The van der Waals surface area contributed by atoms with Gasteiger partial charge in [0.05, 0.1) is 11.8 Å². The van der Waals surface area contributed by atoms with E-state index in [1.54, 1.807) is 6.92 Å². The van der Waals surface area contributed by atoms with Gasteiger partial charge in [0.1, 0.15) is 0 Å². The van der Waals surface area contributed by atoms with Crippen LogP contribution in [0.5, 0.6) is 0 Å². The quantitative estimate of drug-likeness (QED) is 0.891. The molecule has 1 saturated heterocycles. The summed E-state index contributed by atoms with van der Waals surface area (Å²) in [5.41, 5.74) is 2.19. The number of anilines is 1. The van der Waals surface area contributed by atoms with Crippen molar-refractivity contribution < 1.29 is 5.11 Å². The van der Waals surface area contributed by atoms with Gasteiger partial charge in [0, 0.05) is 28.1 Å². The summed E-state index contributed by atoms with van der Waals surface area (Å²) >= 11 is 5.68. The molecule has 1 aromatic carbocycles. The van der Waals surface area contributed by atoms with Gasteiger partial charge < -0.3 is 10.0 Å². The van der Waals surface area contributed by atoms with Crippen LogP contribution in [-0.4, -0.2) is 28.7 Å². The molecule has 3 atom stereocenters. The fourth-order valence-corrected chi connectivity index (χ4v) is 4.01. The Bertz CT molecular complexity index is 424. The summed E-state index contributed by atoms with van der Waals surface area (Å²) in [6, 6.07) is 6.70. The Morgan fingerprint density at radius 1 is 1.44 bits per heavy atom. The van der Waals surface area contributed by atoms with Gasteiger partial charge in [0.2, 0.25) is 0 Å². The monoisotopic (exact) mass is 329 g/mol. The molecule has 0 amide bonds. The first-order valence-corrected chi connectivity index (χ1v) is 8.20. The number of hydrogen-bond donors (Lipinski definition) is 1. The van der Waals surface area contributed by atoms with Gasteiger partial charge in [-0.25, -0.2) is 0 Å². The first-order valence-electron chi connectivity index (χ1n) is 6.36. The smallest absolute Gasteiger partial charge is 0.0762 e. The van der Waals surface area contributed by atoms with Crippen LogP contribution in [0.15, 0.2) is 22.7 Å². The number of benzene rings is 1. The molecule has 2 rings (SSSR count). The van der Waals surface area contributed by atoms with Crippen molar-refractivity contribution in [1.82, 2.24) is 0 Å². The van der Waals surface area contributed by atoms with E-state index < -0.39 is 6.10 Å². The Morgan fingerprint density at radius 3 is 2.78 bits per heavy atom. The van der Waals surface area contributed by atoms with Crippen molar-refractivity contribution >= 4 is 33.4 Å². The van der Waals surface area contributed by atoms with Crippen molar-refractivity contribution in [3.8, 4) is 0 Å². The molecule has 0 aliphatic carbocycles. The molecule has 1 aliphatic heterocycles. The van der Waals surface area contributed by atoms with Gasteiger partial charge in [-0.3, -0.25) is 0 Å². The minimum atomic E-state index is -0.413. The van der Waals surface area contributed by atoms with Gasteiger partial charge in [-0.05, 0) is 47.5 Å². The molecule has 4 heteroatoms. The number of halogens is 1. The minimum absolute atomic E-state index is 0.413. The maximum absolute atomic E-state index is 9.61. The van der Waals surface area contributed by atoms with Gasteiger partial charge in [0.25, 0.3) is 0 Å². The topological polar surface area (TPSA) is 23.5 Å². The lowest BCUT2D eigenvalue weighted by molar-refractivity contribution is 0.199. The molecule has 0 aromatic heterocycles. The molecule has 1 aromatic rings. The van der Waals surface area contributed by atoms with E-state index in [0.717, 1.165) is 16.6 Å². The van der Waals surface area contributed by atoms with E-state index in [1.807, 2.05) is 23.9 Å². The van der Waals surface area contributed by atoms with Gasteiger partial charge in [-0.1, -0.05) is 13.0 Å². The summed E-state index contributed by atoms with van der Waals surface area (Å²) < 4.78 is 1.08. The first-order chi connectivity index (χ1) is 8.50. The largest absolute Gasteiger partial charge is 0.389 e. The molecule has 1 N–H and O–H groups in total. The second-order valence-electron chi connectivity index (χ2n) is 4.90. The van der Waals surface area contributed by atoms with Crippen LogP contribution < -0.4 is 4.90 Å². The number of rotatable bonds is 2. The lowest BCUT2D eigenvalue weighted by Gasteiger charge is -2.39. The maximum Gasteiger partial charge on any atom is 0.0762 e. The lowest BCUT2D eigenvalue weighted by atomic mass is 10.1. The molecule has 0 radical (unpaired) electrons. The summed E-state index contributed by atoms with van der Waals surface area (Å²) in [7, 11) is 0. The van der Waals surface area contributed by atoms with Crippen LogP contribution in [0.3, 0.4) is 0 Å². The number of thioether (sulfide) groups is 1. The number of nitrogens with zero attached hydrogens (tertiary/aromatic N) is 1. The SMILES string of the molecule is CC1SCCN(c2ccc([C@H](C)O)cc2Br)C1C. The minimum Gasteiger partial charge on any atom is -0.389 e. The fraction of sp³-hybridized carbons (Fsp3) is 0.571. The van der Waals surface area contributed by atoms with Gasteiger partial charge in [-0.15, -0.1) is 0 Å². The van der Waals surface area contributed by atoms with Gasteiger partial charge in [0.15, 0.2) is 0 Å². The normalized spacial score (nSPS) is 26.2. The maximum atomic E-state index is 9.61. The van der Waals surface area contributed by atoms with E-state index in [4.69, 9.17) is 0 Å². The highest BCUT2D eigenvalue weighted by Gasteiger charge is 2.26. The van der Waals surface area contributed by atoms with Crippen molar-refractivity contribution in [2.75, 3.05) is 17.2 Å². The van der Waals surface area contributed by atoms with Gasteiger partial charge in [-0.2, -0.15) is 11.8 Å². The third-order valence-corrected chi connectivity index (χ3v) is 5.62. The molecule has 1 aliphatic rings. The Labute approximate surface area is 122 Å². The molecule has 1 heterocycles. The second kappa shape index (κ2) is 5.85. The van der Waals surface area contributed by atoms with Crippen LogP contribution in [-0.2, 0) is 0 Å². The van der Waals surface area contributed by atoms with Crippen molar-refractivity contribution in [2.45, 2.75) is 38.2 Å². The highest BCUT2D eigenvalue weighted by Crippen LogP contribution is 2.35. The lowest BCUT2D eigenvalue weighted by Crippen LogP contribution is -2.44. The summed E-state index contributed by atoms with van der Waals surface area (Å²) in [6.45, 7) is 7.46. The first kappa shape index (κ1) is 14.2. The third-order valence-electron chi connectivity index (χ3n) is 3.65. The predicted molar refractivity (Wildman–Crippen MR) is 83.5 cm³/mol. The molecule has 0 spiro atoms. The molecule has 1 fully saturated rings. The number of hydrogen-bond acceptors (Lipinski definition) is 3. The summed E-state index contributed by atoms with van der Waals surface area (Å²) in [5, 5.41) is 10.3. The van der Waals surface area contributed by atoms with E-state index in [0.29, 0.717) is 11.3 Å². The Kier molecular flexibility index (Phi) is 4.62.